The summed E-state index contributed by atoms with van der Waals surface area (Å²) in [6, 6.07) is 4.90. The van der Waals surface area contributed by atoms with E-state index in [-0.39, 0.29) is 27.9 Å². The fourth-order valence-electron chi connectivity index (χ4n) is 3.32. The molecular weight excluding hydrogens is 362 g/mol. The van der Waals surface area contributed by atoms with Crippen molar-refractivity contribution in [2.24, 2.45) is 0 Å². The highest BCUT2D eigenvalue weighted by Crippen LogP contribution is 2.27. The molecule has 2 atom stereocenters. The van der Waals surface area contributed by atoms with Crippen LogP contribution >= 0.6 is 11.6 Å². The van der Waals surface area contributed by atoms with E-state index in [1.807, 2.05) is 0 Å². The second-order valence-electron chi connectivity index (χ2n) is 6.77. The molecule has 1 aliphatic heterocycles. The Morgan fingerprint density at radius 1 is 1.16 bits per heavy atom. The van der Waals surface area contributed by atoms with E-state index in [1.165, 1.54) is 26.2 Å². The van der Waals surface area contributed by atoms with Gasteiger partial charge in [-0.25, -0.2) is 17.7 Å². The third-order valence-corrected chi connectivity index (χ3v) is 7.02. The van der Waals surface area contributed by atoms with Crippen LogP contribution in [-0.4, -0.2) is 61.9 Å². The van der Waals surface area contributed by atoms with E-state index in [2.05, 4.69) is 18.9 Å². The van der Waals surface area contributed by atoms with Gasteiger partial charge in [-0.3, -0.25) is 9.80 Å². The minimum atomic E-state index is -3.72. The van der Waals surface area contributed by atoms with Crippen molar-refractivity contribution in [3.8, 4) is 0 Å². The molecule has 0 aliphatic carbocycles. The van der Waals surface area contributed by atoms with Crippen molar-refractivity contribution < 1.29 is 13.2 Å². The molecule has 1 heterocycles. The van der Waals surface area contributed by atoms with Gasteiger partial charge in [0.05, 0.1) is 5.02 Å². The maximum absolute atomic E-state index is 12.9. The number of amides is 1. The molecule has 0 spiro atoms. The average molecular weight is 388 g/mol. The average Bonchev–Trinajstić information content (AvgIpc) is 2.54. The van der Waals surface area contributed by atoms with E-state index in [0.29, 0.717) is 5.56 Å². The fraction of sp³-hybridized carbons (Fsp3) is 0.588. The molecule has 8 heteroatoms. The van der Waals surface area contributed by atoms with Crippen molar-refractivity contribution in [2.75, 3.05) is 21.1 Å². The van der Waals surface area contributed by atoms with Crippen LogP contribution < -0.4 is 0 Å². The standard InChI is InChI=1S/C17H26ClN3O3S/c1-12-7-6-8-13(2)21(12)20(5)17(22)14-9-10-15(18)16(11-14)25(23,24)19(3)4/h9-13H,6-8H2,1-5H3. The maximum atomic E-state index is 12.9. The number of carbonyl (C=O) groups is 1. The lowest BCUT2D eigenvalue weighted by Crippen LogP contribution is -2.54. The quantitative estimate of drug-likeness (QED) is 0.797. The SMILES string of the molecule is CC1CCCC(C)N1N(C)C(=O)c1ccc(Cl)c(S(=O)(=O)N(C)C)c1. The van der Waals surface area contributed by atoms with Crippen LogP contribution in [0.4, 0.5) is 0 Å². The summed E-state index contributed by atoms with van der Waals surface area (Å²) in [5.41, 5.74) is 0.303. The van der Waals surface area contributed by atoms with Crippen LogP contribution in [0.2, 0.25) is 5.02 Å². The number of nitrogens with zero attached hydrogens (tertiary/aromatic N) is 3. The number of piperidine rings is 1. The molecule has 1 aromatic carbocycles. The Morgan fingerprint density at radius 3 is 2.24 bits per heavy atom. The van der Waals surface area contributed by atoms with E-state index in [9.17, 15) is 13.2 Å². The van der Waals surface area contributed by atoms with Gasteiger partial charge in [-0.05, 0) is 44.9 Å². The lowest BCUT2D eigenvalue weighted by atomic mass is 9.99. The number of sulfonamides is 1. The molecule has 25 heavy (non-hydrogen) atoms. The van der Waals surface area contributed by atoms with Crippen LogP contribution in [0.1, 0.15) is 43.5 Å². The zero-order valence-corrected chi connectivity index (χ0v) is 16.9. The lowest BCUT2D eigenvalue weighted by Gasteiger charge is -2.44. The lowest BCUT2D eigenvalue weighted by molar-refractivity contribution is -0.0640. The van der Waals surface area contributed by atoms with Crippen LogP contribution in [0.25, 0.3) is 0 Å². The highest BCUT2D eigenvalue weighted by molar-refractivity contribution is 7.89. The molecule has 0 N–H and O–H groups in total. The Kier molecular flexibility index (Phi) is 6.14. The monoisotopic (exact) mass is 387 g/mol. The summed E-state index contributed by atoms with van der Waals surface area (Å²) < 4.78 is 25.9. The van der Waals surface area contributed by atoms with Crippen LogP contribution in [-0.2, 0) is 10.0 Å². The molecule has 140 valence electrons. The Bertz CT molecular complexity index is 742. The first-order valence-corrected chi connectivity index (χ1v) is 10.2. The van der Waals surface area contributed by atoms with Gasteiger partial charge in [0.15, 0.2) is 0 Å². The minimum Gasteiger partial charge on any atom is -0.274 e. The van der Waals surface area contributed by atoms with Crippen LogP contribution in [0, 0.1) is 0 Å². The number of hydrogen-bond acceptors (Lipinski definition) is 4. The molecule has 2 rings (SSSR count). The van der Waals surface area contributed by atoms with Crippen molar-refractivity contribution in [3.63, 3.8) is 0 Å². The predicted octanol–water partition coefficient (Wildman–Crippen LogP) is 2.84. The topological polar surface area (TPSA) is 60.9 Å². The Morgan fingerprint density at radius 2 is 1.72 bits per heavy atom. The van der Waals surface area contributed by atoms with Crippen LogP contribution in [0.3, 0.4) is 0 Å². The first-order chi connectivity index (χ1) is 11.6. The fourth-order valence-corrected chi connectivity index (χ4v) is 4.72. The van der Waals surface area contributed by atoms with Crippen LogP contribution in [0.5, 0.6) is 0 Å². The molecule has 1 amide bonds. The number of hydrogen-bond donors (Lipinski definition) is 0. The van der Waals surface area contributed by atoms with Gasteiger partial charge in [0, 0.05) is 38.8 Å². The molecule has 0 aromatic heterocycles. The summed E-state index contributed by atoms with van der Waals surface area (Å²) in [6.07, 6.45) is 3.21. The molecule has 1 saturated heterocycles. The van der Waals surface area contributed by atoms with E-state index in [4.69, 9.17) is 11.6 Å². The summed E-state index contributed by atoms with van der Waals surface area (Å²) >= 11 is 6.06. The molecule has 1 aliphatic rings. The molecule has 0 bridgehead atoms. The van der Waals surface area contributed by atoms with Crippen molar-refractivity contribution in [2.45, 2.75) is 50.1 Å². The zero-order chi connectivity index (χ0) is 18.9. The second-order valence-corrected chi connectivity index (χ2v) is 9.30. The zero-order valence-electron chi connectivity index (χ0n) is 15.4. The predicted molar refractivity (Wildman–Crippen MR) is 99.0 cm³/mol. The van der Waals surface area contributed by atoms with Gasteiger partial charge in [-0.2, -0.15) is 0 Å². The van der Waals surface area contributed by atoms with Crippen molar-refractivity contribution >= 4 is 27.5 Å². The summed E-state index contributed by atoms with van der Waals surface area (Å²) in [7, 11) is 0.881. The Hall–Kier alpha value is -1.15. The summed E-state index contributed by atoms with van der Waals surface area (Å²) in [5.74, 6) is -0.243. The van der Waals surface area contributed by atoms with Gasteiger partial charge < -0.3 is 0 Å². The normalized spacial score (nSPS) is 22.2. The third kappa shape index (κ3) is 4.00. The first-order valence-electron chi connectivity index (χ1n) is 8.35. The molecule has 1 fully saturated rings. The van der Waals surface area contributed by atoms with E-state index in [0.717, 1.165) is 23.6 Å². The van der Waals surface area contributed by atoms with Gasteiger partial charge in [0.1, 0.15) is 4.90 Å². The smallest absolute Gasteiger partial charge is 0.267 e. The van der Waals surface area contributed by atoms with Gasteiger partial charge >= 0.3 is 0 Å². The molecule has 0 radical (unpaired) electrons. The highest BCUT2D eigenvalue weighted by Gasteiger charge is 2.31. The third-order valence-electron chi connectivity index (χ3n) is 4.72. The van der Waals surface area contributed by atoms with Crippen molar-refractivity contribution in [1.29, 1.82) is 0 Å². The minimum absolute atomic E-state index is 0.0573. The second kappa shape index (κ2) is 7.61. The van der Waals surface area contributed by atoms with Crippen molar-refractivity contribution in [3.05, 3.63) is 28.8 Å². The molecule has 0 saturated carbocycles. The Balaban J connectivity index is 2.37. The van der Waals surface area contributed by atoms with Gasteiger partial charge in [0.25, 0.3) is 5.91 Å². The molecule has 6 nitrogen and oxygen atoms in total. The first kappa shape index (κ1) is 20.2. The summed E-state index contributed by atoms with van der Waals surface area (Å²) in [6.45, 7) is 4.20. The number of benzene rings is 1. The summed E-state index contributed by atoms with van der Waals surface area (Å²) in [4.78, 5) is 12.9. The van der Waals surface area contributed by atoms with Gasteiger partial charge in [0.2, 0.25) is 10.0 Å². The number of rotatable bonds is 4. The molecule has 1 aromatic rings. The maximum Gasteiger partial charge on any atom is 0.267 e. The van der Waals surface area contributed by atoms with Crippen LogP contribution in [0.15, 0.2) is 23.1 Å². The molecular formula is C17H26ClN3O3S. The van der Waals surface area contributed by atoms with E-state index in [1.54, 1.807) is 18.1 Å². The van der Waals surface area contributed by atoms with E-state index >= 15 is 0 Å². The Labute approximate surface area is 155 Å². The number of carbonyl (C=O) groups excluding carboxylic acids is 1. The highest BCUT2D eigenvalue weighted by atomic mass is 35.5. The van der Waals surface area contributed by atoms with Crippen molar-refractivity contribution in [1.82, 2.24) is 14.3 Å². The largest absolute Gasteiger partial charge is 0.274 e. The summed E-state index contributed by atoms with van der Waals surface area (Å²) in [5, 5.41) is 3.78. The van der Waals surface area contributed by atoms with Gasteiger partial charge in [-0.1, -0.05) is 18.0 Å². The number of hydrazine groups is 1. The number of halogens is 1. The van der Waals surface area contributed by atoms with E-state index < -0.39 is 10.0 Å². The van der Waals surface area contributed by atoms with Gasteiger partial charge in [-0.15, -0.1) is 0 Å². The molecule has 2 unspecified atom stereocenters.